The number of hydrogen-bond acceptors (Lipinski definition) is 5. The number of nitrogens with zero attached hydrogens (tertiary/aromatic N) is 4. The molecule has 29 heavy (non-hydrogen) atoms. The van der Waals surface area contributed by atoms with Gasteiger partial charge in [0.15, 0.2) is 0 Å². The number of likely N-dealkylation sites (tertiary alicyclic amines) is 1. The first kappa shape index (κ1) is 19.4. The summed E-state index contributed by atoms with van der Waals surface area (Å²) >= 11 is 0. The molecule has 154 valence electrons. The van der Waals surface area contributed by atoms with E-state index in [0.717, 1.165) is 49.7 Å². The first-order valence-corrected chi connectivity index (χ1v) is 10.1. The van der Waals surface area contributed by atoms with E-state index < -0.39 is 0 Å². The van der Waals surface area contributed by atoms with Crippen molar-refractivity contribution in [2.24, 2.45) is 0 Å². The number of anilines is 1. The van der Waals surface area contributed by atoms with Gasteiger partial charge >= 0.3 is 6.03 Å². The number of aromatic nitrogens is 3. The van der Waals surface area contributed by atoms with E-state index in [-0.39, 0.29) is 18.5 Å². The summed E-state index contributed by atoms with van der Waals surface area (Å²) in [6, 6.07) is 7.16. The molecule has 1 aromatic heterocycles. The highest BCUT2D eigenvalue weighted by Gasteiger charge is 2.28. The summed E-state index contributed by atoms with van der Waals surface area (Å²) in [5, 5.41) is 17.4. The lowest BCUT2D eigenvalue weighted by atomic mass is 9.95. The zero-order valence-corrected chi connectivity index (χ0v) is 16.6. The van der Waals surface area contributed by atoms with Crippen molar-refractivity contribution >= 4 is 17.6 Å². The molecule has 0 bridgehead atoms. The second kappa shape index (κ2) is 8.60. The number of benzene rings is 1. The lowest BCUT2D eigenvalue weighted by molar-refractivity contribution is -0.131. The minimum atomic E-state index is -0.373. The smallest absolute Gasteiger partial charge is 0.319 e. The van der Waals surface area contributed by atoms with Crippen molar-refractivity contribution < 1.29 is 9.59 Å². The average Bonchev–Trinajstić information content (AvgIpc) is 3.16. The lowest BCUT2D eigenvalue weighted by Gasteiger charge is -2.32. The number of amides is 3. The summed E-state index contributed by atoms with van der Waals surface area (Å²) in [7, 11) is 0. The Morgan fingerprint density at radius 2 is 2.03 bits per heavy atom. The van der Waals surface area contributed by atoms with Gasteiger partial charge in [0.2, 0.25) is 5.91 Å². The Bertz CT molecular complexity index is 887. The van der Waals surface area contributed by atoms with Gasteiger partial charge < -0.3 is 25.4 Å². The minimum Gasteiger partial charge on any atom is -0.341 e. The van der Waals surface area contributed by atoms with Crippen molar-refractivity contribution in [1.82, 2.24) is 30.3 Å². The molecule has 3 amide bonds. The molecule has 0 atom stereocenters. The standard InChI is InChI=1S/C20H27N7O2/c1-14-3-2-4-16(11-14)23-20(29)22-13-18(28)26-8-5-15(6-9-26)19-25-24-17-12-21-7-10-27(17)19/h2-4,11,15,21H,5-10,12-13H2,1H3,(H2,22,23,29). The molecular weight excluding hydrogens is 370 g/mol. The Morgan fingerprint density at radius 3 is 2.83 bits per heavy atom. The summed E-state index contributed by atoms with van der Waals surface area (Å²) in [6.45, 7) is 5.90. The maximum Gasteiger partial charge on any atom is 0.319 e. The normalized spacial score (nSPS) is 16.9. The van der Waals surface area contributed by atoms with Crippen molar-refractivity contribution in [3.8, 4) is 0 Å². The molecule has 9 heteroatoms. The van der Waals surface area contributed by atoms with Gasteiger partial charge in [-0.3, -0.25) is 4.79 Å². The molecule has 9 nitrogen and oxygen atoms in total. The predicted molar refractivity (Wildman–Crippen MR) is 108 cm³/mol. The zero-order chi connectivity index (χ0) is 20.2. The molecule has 0 radical (unpaired) electrons. The van der Waals surface area contributed by atoms with Crippen LogP contribution in [0.4, 0.5) is 10.5 Å². The third kappa shape index (κ3) is 4.56. The quantitative estimate of drug-likeness (QED) is 0.720. The van der Waals surface area contributed by atoms with Gasteiger partial charge in [0.25, 0.3) is 0 Å². The van der Waals surface area contributed by atoms with Crippen LogP contribution in [0.25, 0.3) is 0 Å². The molecule has 2 aromatic rings. The second-order valence-corrected chi connectivity index (χ2v) is 7.64. The molecule has 3 heterocycles. The fourth-order valence-corrected chi connectivity index (χ4v) is 3.97. The molecule has 0 aliphatic carbocycles. The van der Waals surface area contributed by atoms with Gasteiger partial charge in [-0.2, -0.15) is 0 Å². The van der Waals surface area contributed by atoms with Gasteiger partial charge in [-0.05, 0) is 37.5 Å². The van der Waals surface area contributed by atoms with E-state index in [1.54, 1.807) is 0 Å². The third-order valence-corrected chi connectivity index (χ3v) is 5.54. The van der Waals surface area contributed by atoms with Crippen LogP contribution >= 0.6 is 0 Å². The number of nitrogens with one attached hydrogen (secondary N) is 3. The molecule has 0 spiro atoms. The first-order valence-electron chi connectivity index (χ1n) is 10.1. The number of carbonyl (C=O) groups excluding carboxylic acids is 2. The zero-order valence-electron chi connectivity index (χ0n) is 16.6. The topological polar surface area (TPSA) is 104 Å². The van der Waals surface area contributed by atoms with Crippen LogP contribution in [0.15, 0.2) is 24.3 Å². The molecule has 2 aliphatic heterocycles. The molecule has 4 rings (SSSR count). The fraction of sp³-hybridized carbons (Fsp3) is 0.500. The van der Waals surface area contributed by atoms with Crippen LogP contribution < -0.4 is 16.0 Å². The number of piperidine rings is 1. The number of aryl methyl sites for hydroxylation is 1. The highest BCUT2D eigenvalue weighted by atomic mass is 16.2. The number of carbonyl (C=O) groups is 2. The molecule has 2 aliphatic rings. The van der Waals surface area contributed by atoms with E-state index in [0.29, 0.717) is 24.7 Å². The van der Waals surface area contributed by atoms with Gasteiger partial charge in [-0.25, -0.2) is 4.79 Å². The number of rotatable bonds is 4. The summed E-state index contributed by atoms with van der Waals surface area (Å²) in [4.78, 5) is 26.3. The largest absolute Gasteiger partial charge is 0.341 e. The van der Waals surface area contributed by atoms with E-state index in [4.69, 9.17) is 0 Å². The van der Waals surface area contributed by atoms with E-state index >= 15 is 0 Å². The average molecular weight is 397 g/mol. The monoisotopic (exact) mass is 397 g/mol. The molecule has 3 N–H and O–H groups in total. The highest BCUT2D eigenvalue weighted by molar-refractivity contribution is 5.92. The Labute approximate surface area is 169 Å². The molecule has 0 unspecified atom stereocenters. The van der Waals surface area contributed by atoms with Crippen molar-refractivity contribution in [2.45, 2.75) is 38.8 Å². The van der Waals surface area contributed by atoms with Crippen LogP contribution in [0.3, 0.4) is 0 Å². The van der Waals surface area contributed by atoms with E-state index in [1.165, 1.54) is 0 Å². The van der Waals surface area contributed by atoms with Gasteiger partial charge in [0.1, 0.15) is 11.6 Å². The van der Waals surface area contributed by atoms with Crippen LogP contribution in [0.2, 0.25) is 0 Å². The minimum absolute atomic E-state index is 0.00564. The SMILES string of the molecule is Cc1cccc(NC(=O)NCC(=O)N2CCC(c3nnc4n3CCNC4)CC2)c1. The second-order valence-electron chi connectivity index (χ2n) is 7.64. The summed E-state index contributed by atoms with van der Waals surface area (Å²) < 4.78 is 2.22. The first-order chi connectivity index (χ1) is 14.1. The maximum atomic E-state index is 12.5. The van der Waals surface area contributed by atoms with Crippen molar-refractivity contribution in [1.29, 1.82) is 0 Å². The van der Waals surface area contributed by atoms with Crippen LogP contribution in [0, 0.1) is 6.92 Å². The van der Waals surface area contributed by atoms with Crippen LogP contribution in [-0.2, 0) is 17.9 Å². The van der Waals surface area contributed by atoms with E-state index in [9.17, 15) is 9.59 Å². The van der Waals surface area contributed by atoms with Gasteiger partial charge in [0, 0.05) is 37.8 Å². The Kier molecular flexibility index (Phi) is 5.75. The Hall–Kier alpha value is -2.94. The van der Waals surface area contributed by atoms with Crippen LogP contribution in [0.1, 0.15) is 36.0 Å². The van der Waals surface area contributed by atoms with Crippen molar-refractivity contribution in [3.63, 3.8) is 0 Å². The summed E-state index contributed by atoms with van der Waals surface area (Å²) in [5.74, 6) is 2.31. The Balaban J connectivity index is 1.24. The molecule has 1 aromatic carbocycles. The molecule has 1 saturated heterocycles. The van der Waals surface area contributed by atoms with Gasteiger partial charge in [-0.1, -0.05) is 12.1 Å². The summed E-state index contributed by atoms with van der Waals surface area (Å²) in [5.41, 5.74) is 1.77. The third-order valence-electron chi connectivity index (χ3n) is 5.54. The van der Waals surface area contributed by atoms with Crippen LogP contribution in [0.5, 0.6) is 0 Å². The van der Waals surface area contributed by atoms with E-state index in [2.05, 4.69) is 30.7 Å². The van der Waals surface area contributed by atoms with Gasteiger partial charge in [0.05, 0.1) is 13.1 Å². The van der Waals surface area contributed by atoms with Crippen molar-refractivity contribution in [3.05, 3.63) is 41.5 Å². The predicted octanol–water partition coefficient (Wildman–Crippen LogP) is 1.22. The van der Waals surface area contributed by atoms with E-state index in [1.807, 2.05) is 36.1 Å². The summed E-state index contributed by atoms with van der Waals surface area (Å²) in [6.07, 6.45) is 1.74. The van der Waals surface area contributed by atoms with Crippen molar-refractivity contribution in [2.75, 3.05) is 31.5 Å². The number of hydrogen-bond donors (Lipinski definition) is 3. The lowest BCUT2D eigenvalue weighted by Crippen LogP contribution is -2.44. The molecule has 1 fully saturated rings. The molecular formula is C20H27N7O2. The number of fused-ring (bicyclic) bond motifs is 1. The maximum absolute atomic E-state index is 12.5. The van der Waals surface area contributed by atoms with Crippen LogP contribution in [-0.4, -0.2) is 57.8 Å². The highest BCUT2D eigenvalue weighted by Crippen LogP contribution is 2.27. The Morgan fingerprint density at radius 1 is 1.21 bits per heavy atom. The fourth-order valence-electron chi connectivity index (χ4n) is 3.97. The van der Waals surface area contributed by atoms with Gasteiger partial charge in [-0.15, -0.1) is 10.2 Å². The molecule has 0 saturated carbocycles. The number of urea groups is 1.